The van der Waals surface area contributed by atoms with Crippen molar-refractivity contribution in [2.75, 3.05) is 13.2 Å². The van der Waals surface area contributed by atoms with Crippen molar-refractivity contribution in [3.63, 3.8) is 0 Å². The predicted molar refractivity (Wildman–Crippen MR) is 109 cm³/mol. The number of hydrogen-bond acceptors (Lipinski definition) is 5. The van der Waals surface area contributed by atoms with Crippen LogP contribution in [0.4, 0.5) is 4.79 Å². The number of rotatable bonds is 6. The van der Waals surface area contributed by atoms with E-state index in [9.17, 15) is 19.5 Å². The summed E-state index contributed by atoms with van der Waals surface area (Å²) in [5.74, 6) is 0.0206. The van der Waals surface area contributed by atoms with Gasteiger partial charge in [-0.3, -0.25) is 14.5 Å². The molecule has 156 valence electrons. The van der Waals surface area contributed by atoms with Gasteiger partial charge in [-0.05, 0) is 49.4 Å². The fourth-order valence-electron chi connectivity index (χ4n) is 4.24. The van der Waals surface area contributed by atoms with E-state index in [0.29, 0.717) is 17.7 Å². The molecule has 2 atom stereocenters. The molecule has 7 nitrogen and oxygen atoms in total. The van der Waals surface area contributed by atoms with Crippen LogP contribution in [0.1, 0.15) is 41.3 Å². The van der Waals surface area contributed by atoms with Crippen LogP contribution < -0.4 is 10.1 Å². The fraction of sp³-hybridized carbons (Fsp3) is 0.348. The maximum absolute atomic E-state index is 13.2. The van der Waals surface area contributed by atoms with Crippen molar-refractivity contribution in [3.05, 3.63) is 65.2 Å². The van der Waals surface area contributed by atoms with E-state index >= 15 is 0 Å². The normalized spacial score (nSPS) is 21.3. The van der Waals surface area contributed by atoms with E-state index in [4.69, 9.17) is 4.74 Å². The van der Waals surface area contributed by atoms with Crippen LogP contribution in [-0.4, -0.2) is 47.0 Å². The number of amides is 3. The van der Waals surface area contributed by atoms with Crippen LogP contribution in [0.25, 0.3) is 0 Å². The Bertz CT molecular complexity index is 1000. The average molecular weight is 408 g/mol. The summed E-state index contributed by atoms with van der Waals surface area (Å²) in [6, 6.07) is 13.8. The number of carbonyl (C=O) groups is 3. The number of ether oxygens (including phenoxy) is 1. The molecule has 4 rings (SSSR count). The minimum absolute atomic E-state index is 0.0848. The zero-order chi connectivity index (χ0) is 21.3. The van der Waals surface area contributed by atoms with E-state index in [0.717, 1.165) is 28.9 Å². The van der Waals surface area contributed by atoms with Gasteiger partial charge in [-0.15, -0.1) is 0 Å². The van der Waals surface area contributed by atoms with Crippen LogP contribution in [0.5, 0.6) is 5.75 Å². The van der Waals surface area contributed by atoms with Crippen molar-refractivity contribution < 1.29 is 24.2 Å². The van der Waals surface area contributed by atoms with E-state index in [1.54, 1.807) is 24.3 Å². The van der Waals surface area contributed by atoms with Crippen LogP contribution >= 0.6 is 0 Å². The minimum atomic E-state index is -1.06. The molecule has 0 radical (unpaired) electrons. The van der Waals surface area contributed by atoms with Crippen molar-refractivity contribution >= 4 is 17.7 Å². The van der Waals surface area contributed by atoms with Crippen LogP contribution in [0.2, 0.25) is 0 Å². The first kappa shape index (κ1) is 20.1. The second kappa shape index (κ2) is 7.91. The number of nitrogens with zero attached hydrogens (tertiary/aromatic N) is 1. The Balaban J connectivity index is 1.44. The average Bonchev–Trinajstić information content (AvgIpc) is 2.97. The highest BCUT2D eigenvalue weighted by atomic mass is 16.5. The smallest absolute Gasteiger partial charge is 0.325 e. The third-order valence-corrected chi connectivity index (χ3v) is 5.73. The number of hydrogen-bond donors (Lipinski definition) is 2. The number of nitrogens with one attached hydrogen (secondary N) is 1. The molecular weight excluding hydrogens is 384 g/mol. The second-order valence-electron chi connectivity index (χ2n) is 7.81. The van der Waals surface area contributed by atoms with Gasteiger partial charge in [0.1, 0.15) is 24.0 Å². The summed E-state index contributed by atoms with van der Waals surface area (Å²) in [5.41, 5.74) is 1.36. The molecule has 1 aliphatic carbocycles. The zero-order valence-corrected chi connectivity index (χ0v) is 16.8. The topological polar surface area (TPSA) is 95.9 Å². The Hall–Kier alpha value is -3.19. The Morgan fingerprint density at radius 1 is 1.23 bits per heavy atom. The number of benzene rings is 2. The number of urea groups is 1. The molecule has 0 bridgehead atoms. The van der Waals surface area contributed by atoms with Gasteiger partial charge in [0.25, 0.3) is 5.91 Å². The summed E-state index contributed by atoms with van der Waals surface area (Å²) in [6.45, 7) is 1.19. The molecule has 30 heavy (non-hydrogen) atoms. The molecule has 3 amide bonds. The molecule has 1 heterocycles. The highest BCUT2D eigenvalue weighted by Crippen LogP contribution is 2.39. The monoisotopic (exact) mass is 408 g/mol. The maximum Gasteiger partial charge on any atom is 0.325 e. The van der Waals surface area contributed by atoms with Gasteiger partial charge >= 0.3 is 6.03 Å². The van der Waals surface area contributed by atoms with Crippen LogP contribution in [0, 0.1) is 0 Å². The van der Waals surface area contributed by atoms with Crippen LogP contribution in [0.15, 0.2) is 48.5 Å². The highest BCUT2D eigenvalue weighted by molar-refractivity contribution is 6.07. The van der Waals surface area contributed by atoms with Crippen molar-refractivity contribution in [1.29, 1.82) is 0 Å². The Labute approximate surface area is 174 Å². The SMILES string of the molecule is CC(=O)c1cccc(OC[C@H](O)CN2C(=O)N[C@]3(CCCc4ccccc43)C2=O)c1. The second-order valence-corrected chi connectivity index (χ2v) is 7.81. The van der Waals surface area contributed by atoms with E-state index in [-0.39, 0.29) is 24.8 Å². The third kappa shape index (κ3) is 3.57. The maximum atomic E-state index is 13.2. The number of β-amino-alcohol motifs (C(OH)–C–C–N with tert-alkyl or cyclic N) is 1. The molecule has 2 aromatic carbocycles. The van der Waals surface area contributed by atoms with Crippen molar-refractivity contribution in [2.24, 2.45) is 0 Å². The lowest BCUT2D eigenvalue weighted by Gasteiger charge is -2.33. The number of aryl methyl sites for hydroxylation is 1. The first-order valence-electron chi connectivity index (χ1n) is 10.0. The number of fused-ring (bicyclic) bond motifs is 2. The van der Waals surface area contributed by atoms with Crippen molar-refractivity contribution in [3.8, 4) is 5.75 Å². The van der Waals surface area contributed by atoms with Gasteiger partial charge in [-0.25, -0.2) is 4.79 Å². The lowest BCUT2D eigenvalue weighted by Crippen LogP contribution is -2.47. The van der Waals surface area contributed by atoms with E-state index in [2.05, 4.69) is 5.32 Å². The van der Waals surface area contributed by atoms with Crippen molar-refractivity contribution in [2.45, 2.75) is 37.8 Å². The summed E-state index contributed by atoms with van der Waals surface area (Å²) in [5, 5.41) is 13.3. The summed E-state index contributed by atoms with van der Waals surface area (Å²) in [7, 11) is 0. The predicted octanol–water partition coefficient (Wildman–Crippen LogP) is 2.41. The number of Topliss-reactive ketones (excluding diaryl/α,β-unsaturated/α-hetero) is 1. The molecule has 1 spiro atoms. The number of carbonyl (C=O) groups excluding carboxylic acids is 3. The molecular formula is C23H24N2O5. The molecule has 1 fully saturated rings. The summed E-state index contributed by atoms with van der Waals surface area (Å²) in [6.07, 6.45) is 1.15. The van der Waals surface area contributed by atoms with Gasteiger partial charge in [0.05, 0.1) is 6.54 Å². The highest BCUT2D eigenvalue weighted by Gasteiger charge is 2.54. The van der Waals surface area contributed by atoms with Crippen LogP contribution in [-0.2, 0) is 16.8 Å². The molecule has 1 saturated heterocycles. The standard InChI is InChI=1S/C23H24N2O5/c1-15(26)17-7-4-9-19(12-17)30-14-18(27)13-25-21(28)23(24-22(25)29)11-5-8-16-6-2-3-10-20(16)23/h2-4,6-7,9-10,12,18,27H,5,8,11,13-14H2,1H3,(H,24,29)/t18-,23+/m1/s1. The number of aliphatic hydroxyl groups is 1. The first-order chi connectivity index (χ1) is 14.4. The van der Waals surface area contributed by atoms with Gasteiger partial charge in [0, 0.05) is 5.56 Å². The van der Waals surface area contributed by atoms with Gasteiger partial charge in [-0.1, -0.05) is 36.4 Å². The molecule has 2 aliphatic rings. The summed E-state index contributed by atoms with van der Waals surface area (Å²) < 4.78 is 5.56. The third-order valence-electron chi connectivity index (χ3n) is 5.73. The lowest BCUT2D eigenvalue weighted by molar-refractivity contribution is -0.133. The summed E-state index contributed by atoms with van der Waals surface area (Å²) >= 11 is 0. The van der Waals surface area contributed by atoms with Gasteiger partial charge in [-0.2, -0.15) is 0 Å². The Morgan fingerprint density at radius 2 is 2.03 bits per heavy atom. The van der Waals surface area contributed by atoms with E-state index in [1.165, 1.54) is 6.92 Å². The van der Waals surface area contributed by atoms with Gasteiger partial charge < -0.3 is 15.2 Å². The largest absolute Gasteiger partial charge is 0.491 e. The quantitative estimate of drug-likeness (QED) is 0.565. The molecule has 7 heteroatoms. The number of imide groups is 1. The Morgan fingerprint density at radius 3 is 2.83 bits per heavy atom. The number of ketones is 1. The Kier molecular flexibility index (Phi) is 5.30. The first-order valence-corrected chi connectivity index (χ1v) is 10.0. The molecule has 2 N–H and O–H groups in total. The van der Waals surface area contributed by atoms with E-state index in [1.807, 2.05) is 24.3 Å². The van der Waals surface area contributed by atoms with Crippen LogP contribution in [0.3, 0.4) is 0 Å². The van der Waals surface area contributed by atoms with Crippen molar-refractivity contribution in [1.82, 2.24) is 10.2 Å². The van der Waals surface area contributed by atoms with Gasteiger partial charge in [0.2, 0.25) is 0 Å². The fourth-order valence-corrected chi connectivity index (χ4v) is 4.24. The van der Waals surface area contributed by atoms with Gasteiger partial charge in [0.15, 0.2) is 5.78 Å². The molecule has 0 unspecified atom stereocenters. The minimum Gasteiger partial charge on any atom is -0.491 e. The van der Waals surface area contributed by atoms with E-state index < -0.39 is 17.7 Å². The molecule has 2 aromatic rings. The molecule has 0 saturated carbocycles. The molecule has 0 aromatic heterocycles. The zero-order valence-electron chi connectivity index (χ0n) is 16.8. The molecule has 1 aliphatic heterocycles. The lowest BCUT2D eigenvalue weighted by atomic mass is 9.76. The number of aliphatic hydroxyl groups excluding tert-OH is 1. The summed E-state index contributed by atoms with van der Waals surface area (Å²) in [4.78, 5) is 38.4.